The summed E-state index contributed by atoms with van der Waals surface area (Å²) in [5.41, 5.74) is 1.15. The summed E-state index contributed by atoms with van der Waals surface area (Å²) < 4.78 is 37.7. The number of aliphatic imine (C=N–C) groups is 2. The molecule has 0 radical (unpaired) electrons. The molecular weight excluding hydrogens is 343 g/mol. The first-order chi connectivity index (χ1) is 11.0. The van der Waals surface area contributed by atoms with Crippen molar-refractivity contribution in [3.8, 4) is 10.6 Å². The van der Waals surface area contributed by atoms with Gasteiger partial charge in [0.25, 0.3) is 0 Å². The van der Waals surface area contributed by atoms with Gasteiger partial charge in [0.15, 0.2) is 0 Å². The summed E-state index contributed by atoms with van der Waals surface area (Å²) in [5.74, 6) is 0.495. The molecule has 1 aromatic carbocycles. The lowest BCUT2D eigenvalue weighted by atomic mass is 10.1. The van der Waals surface area contributed by atoms with Crippen LogP contribution in [-0.2, 0) is 6.18 Å². The number of halogens is 3. The Morgan fingerprint density at radius 1 is 1.26 bits per heavy atom. The van der Waals surface area contributed by atoms with E-state index in [9.17, 15) is 13.2 Å². The summed E-state index contributed by atoms with van der Waals surface area (Å²) in [4.78, 5) is 12.0. The van der Waals surface area contributed by atoms with Gasteiger partial charge in [0.2, 0.25) is 0 Å². The number of thiazole rings is 1. The van der Waals surface area contributed by atoms with Crippen LogP contribution in [0.15, 0.2) is 45.0 Å². The molecule has 2 rings (SSSR count). The molecule has 0 N–H and O–H groups in total. The second-order valence-corrected chi connectivity index (χ2v) is 5.98. The van der Waals surface area contributed by atoms with Crippen LogP contribution in [0.1, 0.15) is 11.3 Å². The molecule has 2 aromatic rings. The van der Waals surface area contributed by atoms with Crippen molar-refractivity contribution in [1.82, 2.24) is 4.98 Å². The quantitative estimate of drug-likeness (QED) is 0.526. The molecule has 8 heteroatoms. The second kappa shape index (κ2) is 7.56. The number of aromatic nitrogens is 1. The van der Waals surface area contributed by atoms with Crippen molar-refractivity contribution in [3.63, 3.8) is 0 Å². The standard InChI is InChI=1S/C15H12F3N3S2/c1-19-9-22-7-12(20-2)13-8-23-14(21-13)10-3-5-11(6-4-10)15(16,17)18/h3-8H,1-2,9H2/b12-7-. The first-order valence-electron chi connectivity index (χ1n) is 6.30. The topological polar surface area (TPSA) is 37.6 Å². The molecule has 0 atom stereocenters. The highest BCUT2D eigenvalue weighted by atomic mass is 32.2. The lowest BCUT2D eigenvalue weighted by Crippen LogP contribution is -2.03. The fraction of sp³-hybridized carbons (Fsp3) is 0.133. The predicted octanol–water partition coefficient (Wildman–Crippen LogP) is 5.22. The van der Waals surface area contributed by atoms with Gasteiger partial charge in [-0.3, -0.25) is 9.98 Å². The van der Waals surface area contributed by atoms with Crippen LogP contribution in [0.3, 0.4) is 0 Å². The highest BCUT2D eigenvalue weighted by molar-refractivity contribution is 8.02. The van der Waals surface area contributed by atoms with Gasteiger partial charge >= 0.3 is 6.18 Å². The van der Waals surface area contributed by atoms with E-state index in [4.69, 9.17) is 0 Å². The number of hydrogen-bond acceptors (Lipinski definition) is 5. The fourth-order valence-corrected chi connectivity index (χ4v) is 3.03. The van der Waals surface area contributed by atoms with Gasteiger partial charge in [-0.1, -0.05) is 12.1 Å². The van der Waals surface area contributed by atoms with Crippen LogP contribution in [0.5, 0.6) is 0 Å². The number of alkyl halides is 3. The molecule has 1 heterocycles. The van der Waals surface area contributed by atoms with Crippen LogP contribution in [-0.4, -0.2) is 24.3 Å². The lowest BCUT2D eigenvalue weighted by molar-refractivity contribution is -0.137. The Hall–Kier alpha value is -1.93. The third kappa shape index (κ3) is 4.52. The number of nitrogens with zero attached hydrogens (tertiary/aromatic N) is 3. The molecule has 0 amide bonds. The Balaban J connectivity index is 2.23. The van der Waals surface area contributed by atoms with Crippen molar-refractivity contribution >= 4 is 42.2 Å². The minimum atomic E-state index is -4.34. The molecular formula is C15H12F3N3S2. The van der Waals surface area contributed by atoms with Crippen LogP contribution < -0.4 is 0 Å². The van der Waals surface area contributed by atoms with E-state index in [1.165, 1.54) is 35.2 Å². The van der Waals surface area contributed by atoms with E-state index in [0.29, 0.717) is 27.8 Å². The summed E-state index contributed by atoms with van der Waals surface area (Å²) in [6.07, 6.45) is -4.34. The van der Waals surface area contributed by atoms with Crippen LogP contribution >= 0.6 is 23.1 Å². The minimum absolute atomic E-state index is 0.495. The maximum atomic E-state index is 12.6. The largest absolute Gasteiger partial charge is 0.416 e. The zero-order valence-corrected chi connectivity index (χ0v) is 13.5. The molecule has 23 heavy (non-hydrogen) atoms. The maximum absolute atomic E-state index is 12.6. The van der Waals surface area contributed by atoms with Crippen molar-refractivity contribution in [1.29, 1.82) is 0 Å². The molecule has 0 spiro atoms. The fourth-order valence-electron chi connectivity index (χ4n) is 1.67. The summed E-state index contributed by atoms with van der Waals surface area (Å²) in [6.45, 7) is 6.88. The van der Waals surface area contributed by atoms with Crippen molar-refractivity contribution < 1.29 is 13.2 Å². The minimum Gasteiger partial charge on any atom is -0.290 e. The Labute approximate surface area is 139 Å². The Morgan fingerprint density at radius 3 is 2.52 bits per heavy atom. The van der Waals surface area contributed by atoms with Crippen LogP contribution in [0.4, 0.5) is 13.2 Å². The van der Waals surface area contributed by atoms with Crippen molar-refractivity contribution in [2.75, 3.05) is 5.88 Å². The van der Waals surface area contributed by atoms with Crippen molar-refractivity contribution in [3.05, 3.63) is 46.3 Å². The van der Waals surface area contributed by atoms with E-state index in [1.54, 1.807) is 10.8 Å². The number of rotatable bonds is 6. The van der Waals surface area contributed by atoms with Crippen molar-refractivity contribution in [2.45, 2.75) is 6.18 Å². The van der Waals surface area contributed by atoms with Gasteiger partial charge in [-0.25, -0.2) is 4.98 Å². The number of benzene rings is 1. The van der Waals surface area contributed by atoms with Gasteiger partial charge in [0.1, 0.15) is 10.7 Å². The molecule has 3 nitrogen and oxygen atoms in total. The van der Waals surface area contributed by atoms with Gasteiger partial charge in [-0.2, -0.15) is 13.2 Å². The summed E-state index contributed by atoms with van der Waals surface area (Å²) >= 11 is 2.74. The molecule has 0 aliphatic carbocycles. The first-order valence-corrected chi connectivity index (χ1v) is 8.23. The van der Waals surface area contributed by atoms with Gasteiger partial charge in [0.05, 0.1) is 17.1 Å². The van der Waals surface area contributed by atoms with Crippen LogP contribution in [0.25, 0.3) is 16.3 Å². The van der Waals surface area contributed by atoms with E-state index in [1.807, 2.05) is 0 Å². The molecule has 0 fully saturated rings. The molecule has 0 unspecified atom stereocenters. The molecule has 0 aliphatic rings. The zero-order chi connectivity index (χ0) is 16.9. The summed E-state index contributed by atoms with van der Waals surface area (Å²) in [5, 5.41) is 4.18. The van der Waals surface area contributed by atoms with E-state index in [-0.39, 0.29) is 0 Å². The third-order valence-corrected chi connectivity index (χ3v) is 4.37. The van der Waals surface area contributed by atoms with Crippen LogP contribution in [0.2, 0.25) is 0 Å². The normalized spacial score (nSPS) is 12.2. The van der Waals surface area contributed by atoms with Crippen molar-refractivity contribution in [2.24, 2.45) is 9.98 Å². The number of hydrogen-bond donors (Lipinski definition) is 0. The Morgan fingerprint density at radius 2 is 1.96 bits per heavy atom. The zero-order valence-electron chi connectivity index (χ0n) is 11.9. The molecule has 0 saturated carbocycles. The first kappa shape index (κ1) is 17.4. The van der Waals surface area contributed by atoms with Gasteiger partial charge in [-0.05, 0) is 25.6 Å². The van der Waals surface area contributed by atoms with Gasteiger partial charge in [-0.15, -0.1) is 23.1 Å². The Bertz CT molecular complexity index is 718. The van der Waals surface area contributed by atoms with Gasteiger partial charge in [0, 0.05) is 16.4 Å². The van der Waals surface area contributed by atoms with E-state index in [2.05, 4.69) is 28.4 Å². The molecule has 0 aliphatic heterocycles. The molecule has 1 aromatic heterocycles. The smallest absolute Gasteiger partial charge is 0.290 e. The SMILES string of the molecule is C=NCS/C=C(\N=C)c1csc(-c2ccc(C(F)(F)F)cc2)n1. The Kier molecular flexibility index (Phi) is 5.73. The lowest BCUT2D eigenvalue weighted by Gasteiger charge is -2.06. The molecule has 0 bridgehead atoms. The monoisotopic (exact) mass is 355 g/mol. The van der Waals surface area contributed by atoms with Gasteiger partial charge < -0.3 is 0 Å². The molecule has 0 saturated heterocycles. The summed E-state index contributed by atoms with van der Waals surface area (Å²) in [7, 11) is 0. The third-order valence-electron chi connectivity index (χ3n) is 2.76. The van der Waals surface area contributed by atoms with E-state index < -0.39 is 11.7 Å². The summed E-state index contributed by atoms with van der Waals surface area (Å²) in [6, 6.07) is 4.91. The average Bonchev–Trinajstić information content (AvgIpc) is 3.01. The molecule has 120 valence electrons. The van der Waals surface area contributed by atoms with E-state index in [0.717, 1.165) is 12.1 Å². The van der Waals surface area contributed by atoms with E-state index >= 15 is 0 Å². The average molecular weight is 355 g/mol. The van der Waals surface area contributed by atoms with Crippen LogP contribution in [0, 0.1) is 0 Å². The second-order valence-electron chi connectivity index (χ2n) is 4.29. The maximum Gasteiger partial charge on any atom is 0.416 e. The predicted molar refractivity (Wildman–Crippen MR) is 92.1 cm³/mol. The highest BCUT2D eigenvalue weighted by Crippen LogP contribution is 2.32. The highest BCUT2D eigenvalue weighted by Gasteiger charge is 2.30. The number of thioether (sulfide) groups is 1.